The van der Waals surface area contributed by atoms with Gasteiger partial charge in [-0.2, -0.15) is 0 Å². The summed E-state index contributed by atoms with van der Waals surface area (Å²) in [6.07, 6.45) is 2.37. The minimum absolute atomic E-state index is 0.00405. The molecule has 0 saturated carbocycles. The molecule has 0 atom stereocenters. The van der Waals surface area contributed by atoms with Crippen LogP contribution in [0.25, 0.3) is 21.9 Å². The maximum atomic E-state index is 12.5. The lowest BCUT2D eigenvalue weighted by Gasteiger charge is -2.21. The van der Waals surface area contributed by atoms with Crippen molar-refractivity contribution in [2.45, 2.75) is 33.1 Å². The lowest BCUT2D eigenvalue weighted by Crippen LogP contribution is -2.29. The number of amides is 1. The molecule has 8 heteroatoms. The van der Waals surface area contributed by atoms with Crippen molar-refractivity contribution >= 4 is 33.5 Å². The predicted octanol–water partition coefficient (Wildman–Crippen LogP) is 4.72. The molecule has 8 nitrogen and oxygen atoms in total. The van der Waals surface area contributed by atoms with E-state index < -0.39 is 17.2 Å². The van der Waals surface area contributed by atoms with E-state index in [1.54, 1.807) is 18.2 Å². The maximum Gasteiger partial charge on any atom is 0.349 e. The number of nitrogens with zero attached hydrogens (tertiary/aromatic N) is 1. The summed E-state index contributed by atoms with van der Waals surface area (Å²) in [6, 6.07) is 15.7. The number of rotatable bonds is 11. The molecule has 0 saturated heterocycles. The third kappa shape index (κ3) is 5.94. The number of benzene rings is 2. The van der Waals surface area contributed by atoms with Gasteiger partial charge in [0.15, 0.2) is 0 Å². The molecular weight excluding hydrogens is 460 g/mol. The van der Waals surface area contributed by atoms with Crippen LogP contribution in [0.4, 0.5) is 5.69 Å². The minimum atomic E-state index is -0.642. The summed E-state index contributed by atoms with van der Waals surface area (Å²) in [5, 5.41) is 4.34. The molecule has 4 aromatic rings. The fourth-order valence-corrected chi connectivity index (χ4v) is 4.07. The average Bonchev–Trinajstić information content (AvgIpc) is 2.88. The number of fused-ring (bicyclic) bond motifs is 2. The second-order valence-electron chi connectivity index (χ2n) is 8.46. The number of ether oxygens (including phenoxy) is 1. The second kappa shape index (κ2) is 11.6. The molecule has 0 radical (unpaired) electrons. The third-order valence-corrected chi connectivity index (χ3v) is 6.06. The van der Waals surface area contributed by atoms with E-state index in [0.717, 1.165) is 43.4 Å². The number of unbranched alkanes of at least 4 members (excludes halogenated alkanes) is 2. The number of nitrogens with one attached hydrogen (secondary N) is 1. The van der Waals surface area contributed by atoms with Crippen LogP contribution < -0.4 is 26.2 Å². The second-order valence-corrected chi connectivity index (χ2v) is 8.46. The molecule has 2 aromatic heterocycles. The van der Waals surface area contributed by atoms with Gasteiger partial charge in [-0.25, -0.2) is 9.59 Å². The Morgan fingerprint density at radius 2 is 1.61 bits per heavy atom. The zero-order valence-corrected chi connectivity index (χ0v) is 20.5. The van der Waals surface area contributed by atoms with Crippen LogP contribution in [0.3, 0.4) is 0 Å². The van der Waals surface area contributed by atoms with E-state index >= 15 is 0 Å². The van der Waals surface area contributed by atoms with Crippen molar-refractivity contribution in [2.75, 3.05) is 31.1 Å². The van der Waals surface area contributed by atoms with Gasteiger partial charge in [0.1, 0.15) is 22.5 Å². The summed E-state index contributed by atoms with van der Waals surface area (Å²) >= 11 is 0. The average molecular weight is 491 g/mol. The van der Waals surface area contributed by atoms with Crippen LogP contribution >= 0.6 is 0 Å². The Hall–Kier alpha value is -4.07. The lowest BCUT2D eigenvalue weighted by molar-refractivity contribution is 0.0949. The van der Waals surface area contributed by atoms with Crippen LogP contribution in [0.5, 0.6) is 5.75 Å². The van der Waals surface area contributed by atoms with Gasteiger partial charge in [-0.3, -0.25) is 4.79 Å². The van der Waals surface area contributed by atoms with Crippen LogP contribution in [-0.2, 0) is 0 Å². The third-order valence-electron chi connectivity index (χ3n) is 6.06. The van der Waals surface area contributed by atoms with Crippen molar-refractivity contribution in [2.24, 2.45) is 0 Å². The van der Waals surface area contributed by atoms with Gasteiger partial charge in [0.2, 0.25) is 0 Å². The smallest absolute Gasteiger partial charge is 0.349 e. The normalized spacial score (nSPS) is 11.1. The first kappa shape index (κ1) is 25.0. The summed E-state index contributed by atoms with van der Waals surface area (Å²) in [6.45, 7) is 6.77. The number of carbonyl (C=O) groups is 1. The molecule has 0 aliphatic rings. The number of hydrogen-bond acceptors (Lipinski definition) is 7. The fourth-order valence-electron chi connectivity index (χ4n) is 4.07. The lowest BCUT2D eigenvalue weighted by atomic mass is 10.1. The molecule has 0 spiro atoms. The first-order chi connectivity index (χ1) is 17.5. The van der Waals surface area contributed by atoms with Crippen LogP contribution in [0.15, 0.2) is 73.0 Å². The molecule has 36 heavy (non-hydrogen) atoms. The molecule has 2 aromatic carbocycles. The highest BCUT2D eigenvalue weighted by Crippen LogP contribution is 2.22. The van der Waals surface area contributed by atoms with E-state index in [9.17, 15) is 14.4 Å². The highest BCUT2D eigenvalue weighted by atomic mass is 16.5. The van der Waals surface area contributed by atoms with Crippen LogP contribution in [-0.4, -0.2) is 32.1 Å². The van der Waals surface area contributed by atoms with Crippen molar-refractivity contribution in [1.29, 1.82) is 0 Å². The summed E-state index contributed by atoms with van der Waals surface area (Å²) in [7, 11) is 0. The monoisotopic (exact) mass is 490 g/mol. The van der Waals surface area contributed by atoms with Gasteiger partial charge in [-0.1, -0.05) is 0 Å². The number of anilines is 1. The summed E-state index contributed by atoms with van der Waals surface area (Å²) in [5.41, 5.74) is 0.900. The molecule has 0 aliphatic heterocycles. The Labute approximate surface area is 208 Å². The van der Waals surface area contributed by atoms with Gasteiger partial charge in [0, 0.05) is 54.3 Å². The molecular formula is C28H30N2O6. The Balaban J connectivity index is 1.24. The SMILES string of the molecule is CCN(CC)c1ccc2cc(C(=O)NCCCCCOc3ccc4ccc(=O)oc4c3)c(=O)oc2c1. The van der Waals surface area contributed by atoms with Crippen molar-refractivity contribution in [3.05, 3.63) is 81.0 Å². The Morgan fingerprint density at radius 1 is 0.861 bits per heavy atom. The fraction of sp³-hybridized carbons (Fsp3) is 0.321. The minimum Gasteiger partial charge on any atom is -0.493 e. The highest BCUT2D eigenvalue weighted by molar-refractivity contribution is 5.97. The standard InChI is InChI=1S/C28H30N2O6/c1-3-30(4-2)21-11-8-20-16-23(28(33)36-24(20)17-21)27(32)29-14-6-5-7-15-34-22-12-9-19-10-13-26(31)35-25(19)18-22/h8-13,16-18H,3-7,14-15H2,1-2H3,(H,29,32). The summed E-state index contributed by atoms with van der Waals surface area (Å²) < 4.78 is 16.4. The van der Waals surface area contributed by atoms with Crippen molar-refractivity contribution < 1.29 is 18.4 Å². The predicted molar refractivity (Wildman–Crippen MR) is 140 cm³/mol. The van der Waals surface area contributed by atoms with E-state index in [1.807, 2.05) is 30.3 Å². The number of hydrogen-bond donors (Lipinski definition) is 1. The Bertz CT molecular complexity index is 1470. The van der Waals surface area contributed by atoms with E-state index in [1.165, 1.54) is 6.07 Å². The molecule has 0 bridgehead atoms. The Kier molecular flexibility index (Phi) is 8.05. The van der Waals surface area contributed by atoms with Gasteiger partial charge >= 0.3 is 11.3 Å². The highest BCUT2D eigenvalue weighted by Gasteiger charge is 2.14. The van der Waals surface area contributed by atoms with Gasteiger partial charge in [-0.05, 0) is 69.5 Å². The molecule has 0 fully saturated rings. The topological polar surface area (TPSA) is 102 Å². The molecule has 0 unspecified atom stereocenters. The number of carbonyl (C=O) groups excluding carboxylic acids is 1. The molecule has 1 N–H and O–H groups in total. The zero-order valence-electron chi connectivity index (χ0n) is 20.5. The van der Waals surface area contributed by atoms with E-state index in [-0.39, 0.29) is 5.56 Å². The van der Waals surface area contributed by atoms with Crippen LogP contribution in [0.2, 0.25) is 0 Å². The first-order valence-corrected chi connectivity index (χ1v) is 12.3. The first-order valence-electron chi connectivity index (χ1n) is 12.3. The quantitative estimate of drug-likeness (QED) is 0.240. The van der Waals surface area contributed by atoms with Gasteiger partial charge < -0.3 is 23.8 Å². The summed E-state index contributed by atoms with van der Waals surface area (Å²) in [5.74, 6) is 0.199. The molecule has 1 amide bonds. The molecule has 4 rings (SSSR count). The van der Waals surface area contributed by atoms with Crippen LogP contribution in [0, 0.1) is 0 Å². The maximum absolute atomic E-state index is 12.5. The van der Waals surface area contributed by atoms with E-state index in [4.69, 9.17) is 13.6 Å². The molecule has 0 aliphatic carbocycles. The van der Waals surface area contributed by atoms with Gasteiger partial charge in [0.25, 0.3) is 5.91 Å². The molecule has 2 heterocycles. The van der Waals surface area contributed by atoms with Gasteiger partial charge in [-0.15, -0.1) is 0 Å². The van der Waals surface area contributed by atoms with E-state index in [0.29, 0.717) is 35.5 Å². The zero-order chi connectivity index (χ0) is 25.5. The summed E-state index contributed by atoms with van der Waals surface area (Å²) in [4.78, 5) is 38.5. The van der Waals surface area contributed by atoms with Crippen molar-refractivity contribution in [3.63, 3.8) is 0 Å². The largest absolute Gasteiger partial charge is 0.493 e. The van der Waals surface area contributed by atoms with Crippen molar-refractivity contribution in [1.82, 2.24) is 5.32 Å². The molecule has 188 valence electrons. The van der Waals surface area contributed by atoms with Gasteiger partial charge in [0.05, 0.1) is 6.61 Å². The van der Waals surface area contributed by atoms with Crippen LogP contribution in [0.1, 0.15) is 43.5 Å². The Morgan fingerprint density at radius 3 is 2.42 bits per heavy atom. The van der Waals surface area contributed by atoms with Crippen molar-refractivity contribution in [3.8, 4) is 5.75 Å². The van der Waals surface area contributed by atoms with E-state index in [2.05, 4.69) is 24.1 Å².